The molecule has 0 radical (unpaired) electrons. The third-order valence-corrected chi connectivity index (χ3v) is 9.97. The number of benzene rings is 2. The molecule has 2 aliphatic carbocycles. The lowest BCUT2D eigenvalue weighted by Crippen LogP contribution is -2.49. The minimum Gasteiger partial charge on any atom is -0.349 e. The molecule has 196 valence electrons. The van der Waals surface area contributed by atoms with E-state index >= 15 is 0 Å². The van der Waals surface area contributed by atoms with E-state index in [2.05, 4.69) is 5.32 Å². The Hall–Kier alpha value is -2.75. The van der Waals surface area contributed by atoms with Crippen molar-refractivity contribution in [1.82, 2.24) is 15.1 Å². The van der Waals surface area contributed by atoms with E-state index in [1.807, 2.05) is 31.2 Å². The highest BCUT2D eigenvalue weighted by Crippen LogP contribution is 2.51. The molecule has 2 fully saturated rings. The average Bonchev–Trinajstić information content (AvgIpc) is 3.41. The molecule has 0 bridgehead atoms. The lowest BCUT2D eigenvalue weighted by molar-refractivity contribution is -0.126. The zero-order valence-corrected chi connectivity index (χ0v) is 21.5. The third kappa shape index (κ3) is 4.69. The van der Waals surface area contributed by atoms with Crippen molar-refractivity contribution in [3.05, 3.63) is 71.2 Å². The molecular weight excluding hydrogens is 496 g/mol. The highest BCUT2D eigenvalue weighted by Gasteiger charge is 2.45. The van der Waals surface area contributed by atoms with Gasteiger partial charge in [0.15, 0.2) is 0 Å². The van der Waals surface area contributed by atoms with Gasteiger partial charge in [0, 0.05) is 34.9 Å². The Balaban J connectivity index is 1.34. The Labute approximate surface area is 216 Å². The molecule has 0 spiro atoms. The molecular formula is C28H31F2N3O3S. The van der Waals surface area contributed by atoms with Crippen molar-refractivity contribution in [2.75, 3.05) is 11.5 Å². The first-order chi connectivity index (χ1) is 17.5. The molecule has 2 unspecified atom stereocenters. The van der Waals surface area contributed by atoms with Crippen LogP contribution in [0.5, 0.6) is 0 Å². The first-order valence-corrected chi connectivity index (χ1v) is 14.6. The number of carbonyl (C=O) groups excluding carboxylic acids is 1. The third-order valence-electron chi connectivity index (χ3n) is 8.01. The zero-order chi connectivity index (χ0) is 26.0. The number of rotatable bonds is 5. The topological polar surface area (TPSA) is 87.4 Å². The van der Waals surface area contributed by atoms with Gasteiger partial charge in [-0.3, -0.25) is 13.9 Å². The Kier molecular flexibility index (Phi) is 5.74. The quantitative estimate of drug-likeness (QED) is 0.393. The van der Waals surface area contributed by atoms with Crippen LogP contribution < -0.4 is 5.32 Å². The monoisotopic (exact) mass is 527 g/mol. The summed E-state index contributed by atoms with van der Waals surface area (Å²) in [6.45, 7) is 1.87. The number of amides is 1. The Morgan fingerprint density at radius 1 is 1.16 bits per heavy atom. The molecule has 3 aromatic rings. The van der Waals surface area contributed by atoms with E-state index in [0.29, 0.717) is 55.5 Å². The minimum absolute atomic E-state index is 0.103. The first kappa shape index (κ1) is 24.6. The number of aromatic nitrogens is 2. The number of nitrogens with one attached hydrogen (secondary N) is 1. The second kappa shape index (κ2) is 8.64. The molecule has 1 aromatic heterocycles. The summed E-state index contributed by atoms with van der Waals surface area (Å²) in [5, 5.41) is 8.00. The second-order valence-electron chi connectivity index (χ2n) is 11.1. The molecule has 2 heterocycles. The van der Waals surface area contributed by atoms with Gasteiger partial charge < -0.3 is 5.32 Å². The van der Waals surface area contributed by atoms with Crippen molar-refractivity contribution in [3.63, 3.8) is 0 Å². The fourth-order valence-electron chi connectivity index (χ4n) is 5.75. The number of hydrogen-bond acceptors (Lipinski definition) is 4. The second-order valence-corrected chi connectivity index (χ2v) is 13.4. The number of hydrogen-bond donors (Lipinski definition) is 3. The Morgan fingerprint density at radius 2 is 1.92 bits per heavy atom. The summed E-state index contributed by atoms with van der Waals surface area (Å²) in [4.78, 5) is 13.3. The molecule has 6 rings (SSSR count). The van der Waals surface area contributed by atoms with E-state index in [0.717, 1.165) is 22.5 Å². The molecule has 1 aliphatic heterocycles. The van der Waals surface area contributed by atoms with Crippen molar-refractivity contribution < 1.29 is 22.7 Å². The maximum Gasteiger partial charge on any atom is 0.223 e. The summed E-state index contributed by atoms with van der Waals surface area (Å²) >= 11 is 0. The Bertz CT molecular complexity index is 1370. The summed E-state index contributed by atoms with van der Waals surface area (Å²) in [6.07, 6.45) is 3.29. The van der Waals surface area contributed by atoms with Crippen molar-refractivity contribution in [3.8, 4) is 16.9 Å². The van der Waals surface area contributed by atoms with Gasteiger partial charge in [-0.05, 0) is 74.9 Å². The molecule has 1 saturated heterocycles. The van der Waals surface area contributed by atoms with Crippen LogP contribution in [0.3, 0.4) is 0 Å². The van der Waals surface area contributed by atoms with Gasteiger partial charge in [-0.15, -0.1) is 0 Å². The van der Waals surface area contributed by atoms with Crippen LogP contribution in [0.1, 0.15) is 49.4 Å². The number of carbonyl (C=O) groups is 1. The number of nitrogens with zero attached hydrogens (tertiary/aromatic N) is 2. The largest absolute Gasteiger partial charge is 0.349 e. The highest BCUT2D eigenvalue weighted by molar-refractivity contribution is 8.24. The lowest BCUT2D eigenvalue weighted by atomic mass is 9.84. The molecule has 37 heavy (non-hydrogen) atoms. The maximum absolute atomic E-state index is 14.8. The minimum atomic E-state index is -2.65. The van der Waals surface area contributed by atoms with Gasteiger partial charge in [0.25, 0.3) is 0 Å². The fourth-order valence-corrected chi connectivity index (χ4v) is 7.91. The summed E-state index contributed by atoms with van der Waals surface area (Å²) in [7, 11) is -2.65. The average molecular weight is 528 g/mol. The van der Waals surface area contributed by atoms with Gasteiger partial charge in [0.05, 0.1) is 22.7 Å². The van der Waals surface area contributed by atoms with Crippen molar-refractivity contribution in [2.24, 2.45) is 5.92 Å². The zero-order valence-electron chi connectivity index (χ0n) is 20.7. The van der Waals surface area contributed by atoms with Crippen LogP contribution >= 0.6 is 10.6 Å². The summed E-state index contributed by atoms with van der Waals surface area (Å²) < 4.78 is 50.4. The number of alkyl halides is 1. The predicted octanol–water partition coefficient (Wildman–Crippen LogP) is 5.77. The molecule has 1 saturated carbocycles. The number of fused-ring (bicyclic) bond motifs is 1. The number of halogens is 2. The lowest BCUT2D eigenvalue weighted by Gasteiger charge is -2.32. The fraction of sp³-hybridized carbons (Fsp3) is 0.429. The van der Waals surface area contributed by atoms with Crippen LogP contribution in [0.2, 0.25) is 0 Å². The van der Waals surface area contributed by atoms with Gasteiger partial charge in [-0.1, -0.05) is 18.2 Å². The normalized spacial score (nSPS) is 26.4. The van der Waals surface area contributed by atoms with Gasteiger partial charge in [-0.25, -0.2) is 13.5 Å². The summed E-state index contributed by atoms with van der Waals surface area (Å²) in [5.74, 6) is -0.272. The van der Waals surface area contributed by atoms with Crippen LogP contribution in [0, 0.1) is 11.7 Å². The molecule has 3 N–H and O–H groups in total. The maximum atomic E-state index is 14.8. The van der Waals surface area contributed by atoms with Crippen LogP contribution in [-0.2, 0) is 23.3 Å². The smallest absolute Gasteiger partial charge is 0.223 e. The van der Waals surface area contributed by atoms with Crippen LogP contribution in [0.25, 0.3) is 16.9 Å². The van der Waals surface area contributed by atoms with Crippen LogP contribution in [0.4, 0.5) is 8.78 Å². The van der Waals surface area contributed by atoms with E-state index in [9.17, 15) is 22.7 Å². The van der Waals surface area contributed by atoms with E-state index in [4.69, 9.17) is 5.10 Å². The Morgan fingerprint density at radius 3 is 2.59 bits per heavy atom. The molecule has 1 amide bonds. The highest BCUT2D eigenvalue weighted by atomic mass is 32.3. The molecule has 2 atom stereocenters. The molecule has 6 nitrogen and oxygen atoms in total. The summed E-state index contributed by atoms with van der Waals surface area (Å²) in [6, 6.07) is 13.6. The molecule has 3 aliphatic rings. The predicted molar refractivity (Wildman–Crippen MR) is 140 cm³/mol. The van der Waals surface area contributed by atoms with Gasteiger partial charge >= 0.3 is 0 Å². The SMILES string of the molecule is CC1(NC(=O)C2CCc3c(-c4cccc(C5(F)CC5)c4)nn(-c4ccc(F)cc4)c3C2)CCS(O)(O)C1. The van der Waals surface area contributed by atoms with Crippen LogP contribution in [0.15, 0.2) is 48.5 Å². The molecule has 9 heteroatoms. The van der Waals surface area contributed by atoms with Crippen molar-refractivity contribution in [2.45, 2.75) is 56.7 Å². The van der Waals surface area contributed by atoms with E-state index in [1.165, 1.54) is 12.1 Å². The van der Waals surface area contributed by atoms with E-state index in [1.54, 1.807) is 16.8 Å². The van der Waals surface area contributed by atoms with E-state index < -0.39 is 21.8 Å². The van der Waals surface area contributed by atoms with Gasteiger partial charge in [0.2, 0.25) is 5.91 Å². The van der Waals surface area contributed by atoms with Gasteiger partial charge in [-0.2, -0.15) is 15.7 Å². The first-order valence-electron chi connectivity index (χ1n) is 12.8. The van der Waals surface area contributed by atoms with Gasteiger partial charge in [0.1, 0.15) is 11.5 Å². The van der Waals surface area contributed by atoms with E-state index in [-0.39, 0.29) is 23.4 Å². The standard InChI is InChI=1S/C28H31F2N3O3S/c1-27(13-14-37(35,36)17-27)31-26(34)19-5-10-23-24(16-19)33(22-8-6-21(29)7-9-22)32-25(23)18-3-2-4-20(15-18)28(30)11-12-28/h2-4,6-9,15,19,35-36H,5,10-14,16-17H2,1H3,(H,31,34). The van der Waals surface area contributed by atoms with Crippen molar-refractivity contribution in [1.29, 1.82) is 0 Å². The van der Waals surface area contributed by atoms with Crippen molar-refractivity contribution >= 4 is 16.5 Å². The molecule has 2 aromatic carbocycles. The summed E-state index contributed by atoms with van der Waals surface area (Å²) in [5.41, 5.74) is 2.99. The van der Waals surface area contributed by atoms with Crippen LogP contribution in [-0.4, -0.2) is 41.8 Å².